The molecule has 1 aliphatic carbocycles. The molecule has 10 heteroatoms. The summed E-state index contributed by atoms with van der Waals surface area (Å²) in [6, 6.07) is 15.1. The predicted octanol–water partition coefficient (Wildman–Crippen LogP) is 4.28. The highest BCUT2D eigenvalue weighted by atomic mass is 19.1. The first kappa shape index (κ1) is 25.6. The van der Waals surface area contributed by atoms with Gasteiger partial charge in [0.15, 0.2) is 0 Å². The van der Waals surface area contributed by atoms with E-state index < -0.39 is 11.8 Å². The number of nitriles is 1. The summed E-state index contributed by atoms with van der Waals surface area (Å²) in [6.45, 7) is 3.87. The summed E-state index contributed by atoms with van der Waals surface area (Å²) in [4.78, 5) is 23.6. The molecule has 2 unspecified atom stereocenters. The molecule has 2 aliphatic heterocycles. The van der Waals surface area contributed by atoms with E-state index in [1.165, 1.54) is 6.07 Å². The Bertz CT molecular complexity index is 1710. The number of hydrogen-bond acceptors (Lipinski definition) is 7. The van der Waals surface area contributed by atoms with Gasteiger partial charge in [0.2, 0.25) is 0 Å². The van der Waals surface area contributed by atoms with Gasteiger partial charge in [0, 0.05) is 42.9 Å². The Hall–Kier alpha value is -4.33. The molecule has 0 amide bonds. The number of nitrogens with zero attached hydrogens (tertiary/aromatic N) is 5. The maximum Gasteiger partial charge on any atom is 0.335 e. The number of carboxylic acids is 1. The standard InChI is InChI=1S/C31H28FN5O4/c32-25-9-19(13-33)1-2-21(25)17-41-23-5-7-34-28(11-23)31-12-22(31)14-36(18-31)16-29-35-26-4-3-20(30(38)39)10-27(26)37(29)15-24-6-8-40-24/h1-5,7,9-11,22,24H,6,8,12,14-18H2,(H,38,39)/t22?,24-,31?/m0/s1. The Morgan fingerprint density at radius 2 is 2.12 bits per heavy atom. The molecule has 1 N–H and O–H groups in total. The van der Waals surface area contributed by atoms with E-state index in [9.17, 15) is 14.3 Å². The maximum atomic E-state index is 14.3. The molecule has 1 saturated carbocycles. The molecule has 4 aromatic rings. The van der Waals surface area contributed by atoms with E-state index in [2.05, 4.69) is 9.47 Å². The lowest BCUT2D eigenvalue weighted by Gasteiger charge is -2.28. The van der Waals surface area contributed by atoms with Crippen LogP contribution in [0.3, 0.4) is 0 Å². The molecule has 0 bridgehead atoms. The molecular weight excluding hydrogens is 525 g/mol. The van der Waals surface area contributed by atoms with Crippen LogP contribution < -0.4 is 4.74 Å². The molecule has 0 radical (unpaired) electrons. The molecule has 2 saturated heterocycles. The van der Waals surface area contributed by atoms with Gasteiger partial charge in [-0.2, -0.15) is 5.26 Å². The average molecular weight is 554 g/mol. The number of aromatic nitrogens is 3. The van der Waals surface area contributed by atoms with E-state index in [-0.39, 0.29) is 29.3 Å². The molecule has 4 heterocycles. The van der Waals surface area contributed by atoms with Gasteiger partial charge >= 0.3 is 5.97 Å². The second kappa shape index (κ2) is 9.94. The largest absolute Gasteiger partial charge is 0.489 e. The van der Waals surface area contributed by atoms with Crippen molar-refractivity contribution in [2.75, 3.05) is 19.7 Å². The zero-order valence-electron chi connectivity index (χ0n) is 22.3. The normalized spacial score (nSPS) is 23.1. The van der Waals surface area contributed by atoms with Gasteiger partial charge in [-0.05, 0) is 55.2 Å². The number of carboxylic acid groups (broad SMARTS) is 1. The minimum absolute atomic E-state index is 0.0521. The number of likely N-dealkylation sites (tertiary alicyclic amines) is 1. The molecule has 0 spiro atoms. The first-order valence-corrected chi connectivity index (χ1v) is 13.8. The summed E-state index contributed by atoms with van der Waals surface area (Å²) in [6.07, 6.45) is 3.89. The van der Waals surface area contributed by atoms with Crippen LogP contribution in [-0.2, 0) is 29.8 Å². The van der Waals surface area contributed by atoms with Gasteiger partial charge in [0.1, 0.15) is 24.0 Å². The van der Waals surface area contributed by atoms with Crippen molar-refractivity contribution in [3.05, 3.63) is 88.8 Å². The van der Waals surface area contributed by atoms with Crippen LogP contribution in [0.4, 0.5) is 4.39 Å². The fourth-order valence-corrected chi connectivity index (χ4v) is 6.23. The van der Waals surface area contributed by atoms with Crippen molar-refractivity contribution in [1.82, 2.24) is 19.4 Å². The Morgan fingerprint density at radius 3 is 2.88 bits per heavy atom. The van der Waals surface area contributed by atoms with Crippen LogP contribution in [0.25, 0.3) is 11.0 Å². The molecule has 208 valence electrons. The monoisotopic (exact) mass is 553 g/mol. The molecule has 3 atom stereocenters. The van der Waals surface area contributed by atoms with Gasteiger partial charge in [0.05, 0.1) is 53.1 Å². The van der Waals surface area contributed by atoms with Crippen molar-refractivity contribution >= 4 is 17.0 Å². The van der Waals surface area contributed by atoms with E-state index in [4.69, 9.17) is 24.7 Å². The minimum Gasteiger partial charge on any atom is -0.489 e. The van der Waals surface area contributed by atoms with Gasteiger partial charge in [-0.1, -0.05) is 6.07 Å². The summed E-state index contributed by atoms with van der Waals surface area (Å²) in [5, 5.41) is 18.5. The molecule has 2 aromatic heterocycles. The highest BCUT2D eigenvalue weighted by Gasteiger charge is 2.61. The highest BCUT2D eigenvalue weighted by Crippen LogP contribution is 2.59. The molecule has 41 heavy (non-hydrogen) atoms. The quantitative estimate of drug-likeness (QED) is 0.327. The molecular formula is C31H28FN5O4. The lowest BCUT2D eigenvalue weighted by atomic mass is 10.0. The number of pyridine rings is 1. The van der Waals surface area contributed by atoms with Gasteiger partial charge < -0.3 is 19.1 Å². The number of piperidine rings is 1. The van der Waals surface area contributed by atoms with Crippen LogP contribution in [0.15, 0.2) is 54.7 Å². The van der Waals surface area contributed by atoms with Crippen LogP contribution in [0.2, 0.25) is 0 Å². The third-order valence-corrected chi connectivity index (χ3v) is 8.65. The number of benzene rings is 2. The molecule has 7 rings (SSSR count). The second-order valence-corrected chi connectivity index (χ2v) is 11.2. The third kappa shape index (κ3) is 4.71. The van der Waals surface area contributed by atoms with Crippen LogP contribution in [0.5, 0.6) is 5.75 Å². The Morgan fingerprint density at radius 1 is 1.24 bits per heavy atom. The van der Waals surface area contributed by atoms with E-state index in [0.717, 1.165) is 55.1 Å². The average Bonchev–Trinajstić information content (AvgIpc) is 3.35. The predicted molar refractivity (Wildman–Crippen MR) is 146 cm³/mol. The van der Waals surface area contributed by atoms with Gasteiger partial charge in [-0.15, -0.1) is 0 Å². The topological polar surface area (TPSA) is 114 Å². The first-order valence-electron chi connectivity index (χ1n) is 13.8. The summed E-state index contributed by atoms with van der Waals surface area (Å²) in [5.74, 6) is 0.605. The number of halogens is 1. The number of imidazole rings is 1. The van der Waals surface area contributed by atoms with Gasteiger partial charge in [0.25, 0.3) is 0 Å². The third-order valence-electron chi connectivity index (χ3n) is 8.65. The smallest absolute Gasteiger partial charge is 0.335 e. The van der Waals surface area contributed by atoms with Crippen LogP contribution >= 0.6 is 0 Å². The Labute approximate surface area is 235 Å². The Kier molecular flexibility index (Phi) is 6.21. The minimum atomic E-state index is -0.955. The number of aromatic carboxylic acids is 1. The molecule has 3 fully saturated rings. The maximum absolute atomic E-state index is 14.3. The van der Waals surface area contributed by atoms with Gasteiger partial charge in [-0.25, -0.2) is 14.2 Å². The second-order valence-electron chi connectivity index (χ2n) is 11.2. The van der Waals surface area contributed by atoms with Crippen LogP contribution in [0, 0.1) is 23.1 Å². The first-order chi connectivity index (χ1) is 19.9. The van der Waals surface area contributed by atoms with Crippen molar-refractivity contribution in [2.24, 2.45) is 5.92 Å². The van der Waals surface area contributed by atoms with Gasteiger partial charge in [-0.3, -0.25) is 9.88 Å². The summed E-state index contributed by atoms with van der Waals surface area (Å²) in [5.41, 5.74) is 3.44. The van der Waals surface area contributed by atoms with E-state index >= 15 is 0 Å². The number of carbonyl (C=O) groups is 1. The summed E-state index contributed by atoms with van der Waals surface area (Å²) < 4.78 is 28.0. The zero-order chi connectivity index (χ0) is 28.1. The van der Waals surface area contributed by atoms with E-state index in [1.807, 2.05) is 12.1 Å². The van der Waals surface area contributed by atoms with Crippen molar-refractivity contribution in [3.8, 4) is 11.8 Å². The highest BCUT2D eigenvalue weighted by molar-refractivity contribution is 5.92. The SMILES string of the molecule is N#Cc1ccc(COc2ccnc(C34CC3CN(Cc3nc5ccc(C(=O)O)cc5n3C[C@@H]3CCO3)C4)c2)c(F)c1. The van der Waals surface area contributed by atoms with Crippen molar-refractivity contribution < 1.29 is 23.8 Å². The summed E-state index contributed by atoms with van der Waals surface area (Å²) in [7, 11) is 0. The van der Waals surface area contributed by atoms with Crippen LogP contribution in [0.1, 0.15) is 45.8 Å². The van der Waals surface area contributed by atoms with Crippen molar-refractivity contribution in [3.63, 3.8) is 0 Å². The van der Waals surface area contributed by atoms with Crippen molar-refractivity contribution in [1.29, 1.82) is 5.26 Å². The van der Waals surface area contributed by atoms with E-state index in [1.54, 1.807) is 42.6 Å². The molecule has 2 aromatic carbocycles. The lowest BCUT2D eigenvalue weighted by molar-refractivity contribution is -0.0591. The fourth-order valence-electron chi connectivity index (χ4n) is 6.23. The number of hydrogen-bond donors (Lipinski definition) is 1. The van der Waals surface area contributed by atoms with Crippen molar-refractivity contribution in [2.45, 2.75) is 44.1 Å². The fraction of sp³-hybridized carbons (Fsp3) is 0.355. The summed E-state index contributed by atoms with van der Waals surface area (Å²) >= 11 is 0. The van der Waals surface area contributed by atoms with E-state index in [0.29, 0.717) is 30.3 Å². The zero-order valence-corrected chi connectivity index (χ0v) is 22.3. The lowest BCUT2D eigenvalue weighted by Crippen LogP contribution is -2.33. The number of ether oxygens (including phenoxy) is 2. The molecule has 3 aliphatic rings. The number of rotatable bonds is 9. The van der Waals surface area contributed by atoms with Crippen LogP contribution in [-0.4, -0.2) is 56.3 Å². The number of fused-ring (bicyclic) bond motifs is 2. The molecule has 9 nitrogen and oxygen atoms in total. The Balaban J connectivity index is 1.08.